The molecule has 3 aromatic rings. The molecule has 3 heteroatoms. The molecule has 1 saturated carbocycles. The molecule has 0 aliphatic heterocycles. The Morgan fingerprint density at radius 1 is 0.938 bits per heavy atom. The molecule has 1 fully saturated rings. The monoisotopic (exact) mass is 448 g/mol. The number of nitrogens with one attached hydrogen (secondary N) is 1. The minimum atomic E-state index is 0. The van der Waals surface area contributed by atoms with Crippen LogP contribution in [0.15, 0.2) is 60.7 Å². The maximum atomic E-state index is 3.84. The van der Waals surface area contributed by atoms with E-state index >= 15 is 0 Å². The zero-order chi connectivity index (χ0) is 21.3. The third kappa shape index (κ3) is 4.28. The Labute approximate surface area is 199 Å². The lowest BCUT2D eigenvalue weighted by atomic mass is 9.75. The number of benzene rings is 2. The van der Waals surface area contributed by atoms with E-state index in [1.165, 1.54) is 66.3 Å². The van der Waals surface area contributed by atoms with Crippen LogP contribution >= 0.6 is 12.4 Å². The van der Waals surface area contributed by atoms with E-state index < -0.39 is 0 Å². The van der Waals surface area contributed by atoms with Crippen LogP contribution in [0.1, 0.15) is 68.2 Å². The number of aromatic amines is 1. The molecule has 0 spiro atoms. The summed E-state index contributed by atoms with van der Waals surface area (Å²) in [4.78, 5) is 6.27. The van der Waals surface area contributed by atoms with Gasteiger partial charge in [0.2, 0.25) is 0 Å². The lowest BCUT2D eigenvalue weighted by Gasteiger charge is -2.43. The van der Waals surface area contributed by atoms with E-state index in [2.05, 4.69) is 84.7 Å². The van der Waals surface area contributed by atoms with E-state index in [0.29, 0.717) is 0 Å². The second kappa shape index (κ2) is 9.85. The first kappa shape index (κ1) is 23.1. The second-order valence-electron chi connectivity index (χ2n) is 9.96. The van der Waals surface area contributed by atoms with E-state index in [0.717, 1.165) is 25.2 Å². The topological polar surface area (TPSA) is 19.0 Å². The standard InChI is InChI=1S/C29H36N2.ClH/c1-31(2)29(24-13-7-4-8-14-24)19-17-23(18-20-29)28-26(21-22-11-5-3-6-12-22)25-15-9-10-16-27(25)30-28;/h4,7-10,13-17,22,30H,3,5-6,11-12,18-21H2,1-2H3;1H. The van der Waals surface area contributed by atoms with Crippen LogP contribution in [-0.4, -0.2) is 24.0 Å². The zero-order valence-corrected chi connectivity index (χ0v) is 20.4. The molecule has 1 atom stereocenters. The van der Waals surface area contributed by atoms with Crippen LogP contribution < -0.4 is 0 Å². The van der Waals surface area contributed by atoms with Gasteiger partial charge in [0.1, 0.15) is 0 Å². The fraction of sp³-hybridized carbons (Fsp3) is 0.448. The SMILES string of the molecule is CN(C)C1(c2ccccc2)CC=C(c2[nH]c3ccccc3c2CC2CCCCC2)CC1.Cl. The van der Waals surface area contributed by atoms with Crippen LogP contribution in [0, 0.1) is 5.92 Å². The molecule has 2 aliphatic carbocycles. The smallest absolute Gasteiger partial charge is 0.0492 e. The van der Waals surface area contributed by atoms with Crippen LogP contribution in [0.2, 0.25) is 0 Å². The van der Waals surface area contributed by atoms with Gasteiger partial charge in [-0.2, -0.15) is 0 Å². The molecule has 1 unspecified atom stereocenters. The summed E-state index contributed by atoms with van der Waals surface area (Å²) >= 11 is 0. The summed E-state index contributed by atoms with van der Waals surface area (Å²) in [7, 11) is 4.48. The number of halogens is 1. The second-order valence-corrected chi connectivity index (χ2v) is 9.96. The Morgan fingerprint density at radius 3 is 2.34 bits per heavy atom. The van der Waals surface area contributed by atoms with Crippen LogP contribution in [0.5, 0.6) is 0 Å². The van der Waals surface area contributed by atoms with Gasteiger partial charge in [0.25, 0.3) is 0 Å². The number of para-hydroxylation sites is 1. The highest BCUT2D eigenvalue weighted by Gasteiger charge is 2.36. The van der Waals surface area contributed by atoms with Crippen LogP contribution in [0.3, 0.4) is 0 Å². The Balaban J connectivity index is 0.00000245. The van der Waals surface area contributed by atoms with Crippen molar-refractivity contribution in [1.29, 1.82) is 0 Å². The molecule has 5 rings (SSSR count). The van der Waals surface area contributed by atoms with Crippen molar-refractivity contribution in [2.24, 2.45) is 5.92 Å². The molecule has 0 saturated heterocycles. The van der Waals surface area contributed by atoms with Crippen molar-refractivity contribution in [3.8, 4) is 0 Å². The fourth-order valence-electron chi connectivity index (χ4n) is 6.11. The maximum Gasteiger partial charge on any atom is 0.0492 e. The summed E-state index contributed by atoms with van der Waals surface area (Å²) in [6.07, 6.45) is 14.2. The maximum absolute atomic E-state index is 3.84. The van der Waals surface area contributed by atoms with Crippen molar-refractivity contribution < 1.29 is 0 Å². The molecule has 2 aromatic carbocycles. The number of aromatic nitrogens is 1. The van der Waals surface area contributed by atoms with Crippen molar-refractivity contribution >= 4 is 28.9 Å². The van der Waals surface area contributed by atoms with Crippen molar-refractivity contribution in [2.75, 3.05) is 14.1 Å². The number of fused-ring (bicyclic) bond motifs is 1. The minimum Gasteiger partial charge on any atom is -0.355 e. The molecule has 0 radical (unpaired) electrons. The number of hydrogen-bond acceptors (Lipinski definition) is 1. The predicted molar refractivity (Wildman–Crippen MR) is 139 cm³/mol. The zero-order valence-electron chi connectivity index (χ0n) is 19.6. The summed E-state index contributed by atoms with van der Waals surface area (Å²) in [5, 5.41) is 1.44. The Bertz CT molecular complexity index is 1060. The van der Waals surface area contributed by atoms with Gasteiger partial charge in [0.05, 0.1) is 0 Å². The molecular weight excluding hydrogens is 412 g/mol. The highest BCUT2D eigenvalue weighted by molar-refractivity contribution is 5.89. The Hall–Kier alpha value is -2.03. The molecule has 32 heavy (non-hydrogen) atoms. The van der Waals surface area contributed by atoms with Crippen molar-refractivity contribution in [3.63, 3.8) is 0 Å². The Kier molecular flexibility index (Phi) is 7.12. The normalized spacial score (nSPS) is 22.0. The molecule has 2 aliphatic rings. The lowest BCUT2D eigenvalue weighted by molar-refractivity contribution is 0.138. The summed E-state index contributed by atoms with van der Waals surface area (Å²) < 4.78 is 0. The lowest BCUT2D eigenvalue weighted by Crippen LogP contribution is -2.42. The fourth-order valence-corrected chi connectivity index (χ4v) is 6.11. The molecule has 0 bridgehead atoms. The van der Waals surface area contributed by atoms with Gasteiger partial charge < -0.3 is 4.98 Å². The van der Waals surface area contributed by atoms with Crippen LogP contribution in [0.4, 0.5) is 0 Å². The number of hydrogen-bond donors (Lipinski definition) is 1. The van der Waals surface area contributed by atoms with Crippen LogP contribution in [0.25, 0.3) is 16.5 Å². The summed E-state index contributed by atoms with van der Waals surface area (Å²) in [6.45, 7) is 0. The van der Waals surface area contributed by atoms with E-state index in [1.54, 1.807) is 5.56 Å². The largest absolute Gasteiger partial charge is 0.355 e. The van der Waals surface area contributed by atoms with Crippen molar-refractivity contribution in [1.82, 2.24) is 9.88 Å². The molecule has 170 valence electrons. The van der Waals surface area contributed by atoms with Gasteiger partial charge in [-0.15, -0.1) is 12.4 Å². The van der Waals surface area contributed by atoms with Crippen molar-refractivity contribution in [2.45, 2.75) is 63.3 Å². The van der Waals surface area contributed by atoms with Crippen LogP contribution in [-0.2, 0) is 12.0 Å². The van der Waals surface area contributed by atoms with E-state index in [1.807, 2.05) is 0 Å². The third-order valence-corrected chi connectivity index (χ3v) is 8.01. The van der Waals surface area contributed by atoms with Crippen molar-refractivity contribution in [3.05, 3.63) is 77.5 Å². The molecule has 0 amide bonds. The minimum absolute atomic E-state index is 0. The first-order valence-electron chi connectivity index (χ1n) is 12.2. The van der Waals surface area contributed by atoms with Gasteiger partial charge in [0, 0.05) is 22.1 Å². The quantitative estimate of drug-likeness (QED) is 0.422. The van der Waals surface area contributed by atoms with Gasteiger partial charge in [0.15, 0.2) is 0 Å². The Morgan fingerprint density at radius 2 is 1.66 bits per heavy atom. The van der Waals surface area contributed by atoms with E-state index in [4.69, 9.17) is 0 Å². The van der Waals surface area contributed by atoms with E-state index in [9.17, 15) is 0 Å². The predicted octanol–water partition coefficient (Wildman–Crippen LogP) is 7.74. The number of allylic oxidation sites excluding steroid dienone is 1. The van der Waals surface area contributed by atoms with Gasteiger partial charge in [-0.25, -0.2) is 0 Å². The molecule has 1 heterocycles. The summed E-state index contributed by atoms with van der Waals surface area (Å²) in [5.41, 5.74) is 7.36. The molecular formula is C29H37ClN2. The van der Waals surface area contributed by atoms with Gasteiger partial charge in [-0.3, -0.25) is 4.90 Å². The molecule has 1 N–H and O–H groups in total. The third-order valence-electron chi connectivity index (χ3n) is 8.01. The number of H-pyrrole nitrogens is 1. The highest BCUT2D eigenvalue weighted by atomic mass is 35.5. The first-order chi connectivity index (χ1) is 15.2. The van der Waals surface area contributed by atoms with Gasteiger partial charge in [-0.1, -0.05) is 86.7 Å². The highest BCUT2D eigenvalue weighted by Crippen LogP contribution is 2.44. The number of rotatable bonds is 5. The average Bonchev–Trinajstić information content (AvgIpc) is 3.18. The molecule has 2 nitrogen and oxygen atoms in total. The van der Waals surface area contributed by atoms with E-state index in [-0.39, 0.29) is 17.9 Å². The summed E-state index contributed by atoms with van der Waals surface area (Å²) in [6, 6.07) is 20.0. The number of nitrogens with zero attached hydrogens (tertiary/aromatic N) is 1. The summed E-state index contributed by atoms with van der Waals surface area (Å²) in [5.74, 6) is 0.848. The first-order valence-corrected chi connectivity index (χ1v) is 12.2. The van der Waals surface area contributed by atoms with Gasteiger partial charge >= 0.3 is 0 Å². The average molecular weight is 449 g/mol. The van der Waals surface area contributed by atoms with Gasteiger partial charge in [-0.05, 0) is 68.5 Å². The molecule has 1 aromatic heterocycles.